The summed E-state index contributed by atoms with van der Waals surface area (Å²) in [6.45, 7) is 7.68. The Kier molecular flexibility index (Phi) is 6.07. The number of amides is 1. The number of carbonyl (C=O) groups is 1. The summed E-state index contributed by atoms with van der Waals surface area (Å²) < 4.78 is 5.73. The number of furan rings is 1. The second-order valence-corrected chi connectivity index (χ2v) is 7.91. The van der Waals surface area contributed by atoms with Gasteiger partial charge in [-0.05, 0) is 50.2 Å². The molecule has 1 saturated heterocycles. The predicted molar refractivity (Wildman–Crippen MR) is 118 cm³/mol. The van der Waals surface area contributed by atoms with Gasteiger partial charge in [0.15, 0.2) is 5.76 Å². The van der Waals surface area contributed by atoms with Crippen molar-refractivity contribution in [3.8, 4) is 0 Å². The summed E-state index contributed by atoms with van der Waals surface area (Å²) in [6.07, 6.45) is 0.919. The van der Waals surface area contributed by atoms with Crippen molar-refractivity contribution in [3.63, 3.8) is 0 Å². The minimum atomic E-state index is -0.163. The molecule has 4 rings (SSSR count). The quantitative estimate of drug-likeness (QED) is 0.613. The van der Waals surface area contributed by atoms with Gasteiger partial charge in [0.1, 0.15) is 5.58 Å². The van der Waals surface area contributed by atoms with E-state index >= 15 is 0 Å². The fraction of sp³-hybridized carbons (Fsp3) is 0.348. The van der Waals surface area contributed by atoms with Crippen LogP contribution < -0.4 is 10.2 Å². The van der Waals surface area contributed by atoms with Crippen molar-refractivity contribution in [2.75, 3.05) is 44.2 Å². The van der Waals surface area contributed by atoms with E-state index in [2.05, 4.69) is 45.4 Å². The molecule has 0 spiro atoms. The molecule has 5 nitrogen and oxygen atoms in total. The molecule has 0 radical (unpaired) electrons. The molecule has 2 heterocycles. The first-order valence-electron chi connectivity index (χ1n) is 10.1. The molecule has 1 N–H and O–H groups in total. The standard InChI is InChI=1S/C23H26ClN3O2/c1-17-20-16-18(24)8-9-21(20)29-22(17)23(28)25-10-5-11-26-12-14-27(15-13-26)19-6-3-2-4-7-19/h2-4,6-9,16H,5,10-15H2,1H3,(H,25,28). The lowest BCUT2D eigenvalue weighted by molar-refractivity contribution is 0.0925. The monoisotopic (exact) mass is 411 g/mol. The largest absolute Gasteiger partial charge is 0.451 e. The average Bonchev–Trinajstić information content (AvgIpc) is 3.08. The zero-order valence-electron chi connectivity index (χ0n) is 16.7. The van der Waals surface area contributed by atoms with Crippen LogP contribution >= 0.6 is 11.6 Å². The number of carbonyl (C=O) groups excluding carboxylic acids is 1. The first-order valence-corrected chi connectivity index (χ1v) is 10.5. The van der Waals surface area contributed by atoms with E-state index in [1.165, 1.54) is 5.69 Å². The lowest BCUT2D eigenvalue weighted by Crippen LogP contribution is -2.47. The van der Waals surface area contributed by atoms with Crippen molar-refractivity contribution in [1.82, 2.24) is 10.2 Å². The van der Waals surface area contributed by atoms with Crippen LogP contribution in [0, 0.1) is 6.92 Å². The second-order valence-electron chi connectivity index (χ2n) is 7.47. The van der Waals surface area contributed by atoms with Crippen LogP contribution in [-0.2, 0) is 0 Å². The highest BCUT2D eigenvalue weighted by molar-refractivity contribution is 6.31. The number of hydrogen-bond donors (Lipinski definition) is 1. The van der Waals surface area contributed by atoms with Crippen LogP contribution in [0.15, 0.2) is 52.9 Å². The van der Waals surface area contributed by atoms with Crippen LogP contribution in [0.4, 0.5) is 5.69 Å². The number of nitrogens with one attached hydrogen (secondary N) is 1. The molecule has 0 atom stereocenters. The van der Waals surface area contributed by atoms with Gasteiger partial charge in [0.25, 0.3) is 5.91 Å². The second kappa shape index (κ2) is 8.89. The summed E-state index contributed by atoms with van der Waals surface area (Å²) in [5.74, 6) is 0.211. The van der Waals surface area contributed by atoms with Gasteiger partial charge in [-0.1, -0.05) is 29.8 Å². The maximum atomic E-state index is 12.5. The van der Waals surface area contributed by atoms with Gasteiger partial charge >= 0.3 is 0 Å². The Balaban J connectivity index is 1.22. The average molecular weight is 412 g/mol. The fourth-order valence-corrected chi connectivity index (χ4v) is 4.04. The maximum absolute atomic E-state index is 12.5. The zero-order chi connectivity index (χ0) is 20.2. The van der Waals surface area contributed by atoms with Crippen LogP contribution in [0.2, 0.25) is 5.02 Å². The minimum absolute atomic E-state index is 0.163. The molecule has 6 heteroatoms. The molecule has 1 fully saturated rings. The Morgan fingerprint density at radius 2 is 1.86 bits per heavy atom. The summed E-state index contributed by atoms with van der Waals surface area (Å²) >= 11 is 6.05. The molecule has 152 valence electrons. The van der Waals surface area contributed by atoms with Crippen molar-refractivity contribution in [2.45, 2.75) is 13.3 Å². The molecular formula is C23H26ClN3O2. The first-order chi connectivity index (χ1) is 14.1. The van der Waals surface area contributed by atoms with E-state index in [9.17, 15) is 4.79 Å². The Morgan fingerprint density at radius 3 is 2.62 bits per heavy atom. The Hall–Kier alpha value is -2.50. The highest BCUT2D eigenvalue weighted by atomic mass is 35.5. The van der Waals surface area contributed by atoms with E-state index in [4.69, 9.17) is 16.0 Å². The first kappa shape index (κ1) is 19.8. The van der Waals surface area contributed by atoms with Crippen LogP contribution in [0.5, 0.6) is 0 Å². The Labute approximate surface area is 176 Å². The van der Waals surface area contributed by atoms with E-state index in [0.717, 1.165) is 50.1 Å². The number of hydrogen-bond acceptors (Lipinski definition) is 4. The fourth-order valence-electron chi connectivity index (χ4n) is 3.86. The predicted octanol–water partition coefficient (Wildman–Crippen LogP) is 4.34. The van der Waals surface area contributed by atoms with E-state index in [1.807, 2.05) is 13.0 Å². The SMILES string of the molecule is Cc1c(C(=O)NCCCN2CCN(c3ccccc3)CC2)oc2ccc(Cl)cc12. The molecule has 1 aliphatic rings. The van der Waals surface area contributed by atoms with Crippen LogP contribution in [0.25, 0.3) is 11.0 Å². The van der Waals surface area contributed by atoms with Crippen LogP contribution in [0.1, 0.15) is 22.5 Å². The molecule has 0 aliphatic carbocycles. The van der Waals surface area contributed by atoms with Crippen molar-refractivity contribution in [2.24, 2.45) is 0 Å². The molecule has 1 aromatic heterocycles. The molecule has 0 bridgehead atoms. The minimum Gasteiger partial charge on any atom is -0.451 e. The molecule has 29 heavy (non-hydrogen) atoms. The van der Waals surface area contributed by atoms with Gasteiger partial charge in [-0.2, -0.15) is 0 Å². The van der Waals surface area contributed by atoms with E-state index in [0.29, 0.717) is 22.9 Å². The lowest BCUT2D eigenvalue weighted by Gasteiger charge is -2.36. The number of fused-ring (bicyclic) bond motifs is 1. The zero-order valence-corrected chi connectivity index (χ0v) is 17.4. The van der Waals surface area contributed by atoms with Gasteiger partial charge in [-0.25, -0.2) is 0 Å². The van der Waals surface area contributed by atoms with E-state index in [1.54, 1.807) is 12.1 Å². The highest BCUT2D eigenvalue weighted by Gasteiger charge is 2.19. The number of rotatable bonds is 6. The molecule has 1 amide bonds. The van der Waals surface area contributed by atoms with Crippen molar-refractivity contribution >= 4 is 34.2 Å². The van der Waals surface area contributed by atoms with Gasteiger partial charge in [0.2, 0.25) is 0 Å². The Bertz CT molecular complexity index is 978. The summed E-state index contributed by atoms with van der Waals surface area (Å²) in [5.41, 5.74) is 2.81. The topological polar surface area (TPSA) is 48.7 Å². The smallest absolute Gasteiger partial charge is 0.287 e. The number of aryl methyl sites for hydroxylation is 1. The highest BCUT2D eigenvalue weighted by Crippen LogP contribution is 2.27. The van der Waals surface area contributed by atoms with Gasteiger partial charge in [-0.3, -0.25) is 9.69 Å². The van der Waals surface area contributed by atoms with Crippen molar-refractivity contribution < 1.29 is 9.21 Å². The molecule has 1 aliphatic heterocycles. The van der Waals surface area contributed by atoms with Crippen LogP contribution in [0.3, 0.4) is 0 Å². The third-order valence-corrected chi connectivity index (χ3v) is 5.77. The normalized spacial score (nSPS) is 15.0. The van der Waals surface area contributed by atoms with Gasteiger partial charge in [-0.15, -0.1) is 0 Å². The molecular weight excluding hydrogens is 386 g/mol. The molecule has 0 unspecified atom stereocenters. The lowest BCUT2D eigenvalue weighted by atomic mass is 10.1. The number of nitrogens with zero attached hydrogens (tertiary/aromatic N) is 2. The van der Waals surface area contributed by atoms with Gasteiger partial charge < -0.3 is 14.6 Å². The number of anilines is 1. The summed E-state index contributed by atoms with van der Waals surface area (Å²) in [7, 11) is 0. The van der Waals surface area contributed by atoms with Gasteiger partial charge in [0.05, 0.1) is 0 Å². The number of para-hydroxylation sites is 1. The number of benzene rings is 2. The molecule has 3 aromatic rings. The summed E-state index contributed by atoms with van der Waals surface area (Å²) in [6, 6.07) is 16.0. The summed E-state index contributed by atoms with van der Waals surface area (Å²) in [4.78, 5) is 17.4. The third-order valence-electron chi connectivity index (χ3n) is 5.53. The van der Waals surface area contributed by atoms with Gasteiger partial charge in [0, 0.05) is 54.4 Å². The maximum Gasteiger partial charge on any atom is 0.287 e. The summed E-state index contributed by atoms with van der Waals surface area (Å²) in [5, 5.41) is 4.51. The number of halogens is 1. The van der Waals surface area contributed by atoms with Crippen LogP contribution in [-0.4, -0.2) is 50.1 Å². The van der Waals surface area contributed by atoms with E-state index in [-0.39, 0.29) is 5.91 Å². The third kappa shape index (κ3) is 4.57. The Morgan fingerprint density at radius 1 is 1.10 bits per heavy atom. The molecule has 2 aromatic carbocycles. The van der Waals surface area contributed by atoms with Crippen molar-refractivity contribution in [1.29, 1.82) is 0 Å². The van der Waals surface area contributed by atoms with E-state index < -0.39 is 0 Å². The van der Waals surface area contributed by atoms with Crippen molar-refractivity contribution in [3.05, 3.63) is 64.9 Å². The molecule has 0 saturated carbocycles. The number of piperazine rings is 1.